The monoisotopic (exact) mass is 412 g/mol. The first-order chi connectivity index (χ1) is 13.9. The minimum Gasteiger partial charge on any atom is -0.356 e. The van der Waals surface area contributed by atoms with E-state index in [0.29, 0.717) is 36.1 Å². The van der Waals surface area contributed by atoms with Gasteiger partial charge in [-0.25, -0.2) is 0 Å². The lowest BCUT2D eigenvalue weighted by molar-refractivity contribution is -0.124. The molecule has 1 fully saturated rings. The maximum atomic E-state index is 13.1. The molecule has 1 aliphatic heterocycles. The van der Waals surface area contributed by atoms with Crippen LogP contribution in [0.5, 0.6) is 0 Å². The Labute approximate surface area is 178 Å². The third kappa shape index (κ3) is 5.18. The Balaban J connectivity index is 1.83. The summed E-state index contributed by atoms with van der Waals surface area (Å²) in [6, 6.07) is 15.1. The lowest BCUT2D eigenvalue weighted by Gasteiger charge is -2.20. The minimum absolute atomic E-state index is 0.0154. The van der Waals surface area contributed by atoms with Crippen LogP contribution < -0.4 is 5.32 Å². The largest absolute Gasteiger partial charge is 0.356 e. The van der Waals surface area contributed by atoms with Crippen LogP contribution in [0.4, 0.5) is 0 Å². The van der Waals surface area contributed by atoms with Crippen LogP contribution in [0.3, 0.4) is 0 Å². The van der Waals surface area contributed by atoms with Crippen LogP contribution in [0.15, 0.2) is 48.5 Å². The fourth-order valence-electron chi connectivity index (χ4n) is 3.97. The molecule has 2 amide bonds. The third-order valence-corrected chi connectivity index (χ3v) is 5.86. The normalized spacial score (nSPS) is 18.9. The van der Waals surface area contributed by atoms with E-state index in [1.165, 1.54) is 0 Å². The molecule has 1 saturated heterocycles. The van der Waals surface area contributed by atoms with E-state index in [2.05, 4.69) is 38.2 Å². The van der Waals surface area contributed by atoms with E-state index in [4.69, 9.17) is 11.6 Å². The summed E-state index contributed by atoms with van der Waals surface area (Å²) in [5.41, 5.74) is 2.84. The predicted molar refractivity (Wildman–Crippen MR) is 117 cm³/mol. The van der Waals surface area contributed by atoms with Gasteiger partial charge in [0.1, 0.15) is 0 Å². The first-order valence-electron chi connectivity index (χ1n) is 10.2. The first-order valence-corrected chi connectivity index (χ1v) is 10.6. The van der Waals surface area contributed by atoms with Gasteiger partial charge in [0.2, 0.25) is 5.91 Å². The standard InChI is InChI=1S/C24H29ClN2O2/c1-16(2)11-12-26-23(28)22-15-27(24(29)18-8-6-9-19(25)13-18)14-21(22)20-10-5-4-7-17(20)3/h4-10,13,16,21-22H,11-12,14-15H2,1-3H3,(H,26,28)/t21-,22+/m0/s1. The summed E-state index contributed by atoms with van der Waals surface area (Å²) in [4.78, 5) is 27.9. The van der Waals surface area contributed by atoms with Crippen LogP contribution in [0, 0.1) is 18.8 Å². The van der Waals surface area contributed by atoms with E-state index < -0.39 is 0 Å². The van der Waals surface area contributed by atoms with Crippen molar-refractivity contribution < 1.29 is 9.59 Å². The molecule has 0 saturated carbocycles. The number of aryl methyl sites for hydroxylation is 1. The van der Waals surface area contributed by atoms with Crippen LogP contribution in [0.25, 0.3) is 0 Å². The van der Waals surface area contributed by atoms with E-state index in [1.54, 1.807) is 29.2 Å². The minimum atomic E-state index is -0.258. The molecule has 2 atom stereocenters. The molecule has 1 heterocycles. The second kappa shape index (κ2) is 9.45. The van der Waals surface area contributed by atoms with Gasteiger partial charge in [0, 0.05) is 36.1 Å². The van der Waals surface area contributed by atoms with Gasteiger partial charge in [-0.2, -0.15) is 0 Å². The van der Waals surface area contributed by atoms with Crippen molar-refractivity contribution in [1.82, 2.24) is 10.2 Å². The highest BCUT2D eigenvalue weighted by Gasteiger charge is 2.41. The number of benzene rings is 2. The predicted octanol–water partition coefficient (Wildman–Crippen LogP) is 4.67. The number of nitrogens with zero attached hydrogens (tertiary/aromatic N) is 1. The van der Waals surface area contributed by atoms with Crippen molar-refractivity contribution in [2.75, 3.05) is 19.6 Å². The van der Waals surface area contributed by atoms with Crippen LogP contribution in [-0.4, -0.2) is 36.3 Å². The lowest BCUT2D eigenvalue weighted by Crippen LogP contribution is -2.36. The molecular formula is C24H29ClN2O2. The smallest absolute Gasteiger partial charge is 0.253 e. The van der Waals surface area contributed by atoms with Crippen LogP contribution in [0.1, 0.15) is 47.7 Å². The number of amides is 2. The van der Waals surface area contributed by atoms with E-state index in [1.807, 2.05) is 12.1 Å². The summed E-state index contributed by atoms with van der Waals surface area (Å²) in [6.45, 7) is 7.95. The number of hydrogen-bond donors (Lipinski definition) is 1. The highest BCUT2D eigenvalue weighted by molar-refractivity contribution is 6.30. The zero-order chi connectivity index (χ0) is 21.0. The second-order valence-corrected chi connectivity index (χ2v) is 8.70. The summed E-state index contributed by atoms with van der Waals surface area (Å²) < 4.78 is 0. The Morgan fingerprint density at radius 2 is 1.90 bits per heavy atom. The van der Waals surface area contributed by atoms with Crippen molar-refractivity contribution >= 4 is 23.4 Å². The highest BCUT2D eigenvalue weighted by atomic mass is 35.5. The molecule has 2 aromatic carbocycles. The van der Waals surface area contributed by atoms with Gasteiger partial charge in [-0.3, -0.25) is 9.59 Å². The Hall–Kier alpha value is -2.33. The average Bonchev–Trinajstić information content (AvgIpc) is 3.12. The lowest BCUT2D eigenvalue weighted by atomic mass is 9.86. The highest BCUT2D eigenvalue weighted by Crippen LogP contribution is 2.35. The molecule has 1 N–H and O–H groups in total. The van der Waals surface area contributed by atoms with Gasteiger partial charge in [0.05, 0.1) is 5.92 Å². The van der Waals surface area contributed by atoms with Gasteiger partial charge in [-0.15, -0.1) is 0 Å². The maximum absolute atomic E-state index is 13.1. The molecule has 0 aliphatic carbocycles. The number of hydrogen-bond acceptors (Lipinski definition) is 2. The molecular weight excluding hydrogens is 384 g/mol. The number of likely N-dealkylation sites (tertiary alicyclic amines) is 1. The Morgan fingerprint density at radius 3 is 2.59 bits per heavy atom. The van der Waals surface area contributed by atoms with Gasteiger partial charge in [0.25, 0.3) is 5.91 Å². The van der Waals surface area contributed by atoms with Crippen molar-refractivity contribution in [2.24, 2.45) is 11.8 Å². The molecule has 0 aromatic heterocycles. The molecule has 2 aromatic rings. The van der Waals surface area contributed by atoms with Crippen molar-refractivity contribution in [1.29, 1.82) is 0 Å². The van der Waals surface area contributed by atoms with Crippen LogP contribution >= 0.6 is 11.6 Å². The molecule has 0 unspecified atom stereocenters. The van der Waals surface area contributed by atoms with Crippen LogP contribution in [-0.2, 0) is 4.79 Å². The maximum Gasteiger partial charge on any atom is 0.253 e. The van der Waals surface area contributed by atoms with E-state index in [9.17, 15) is 9.59 Å². The fourth-order valence-corrected chi connectivity index (χ4v) is 4.16. The van der Waals surface area contributed by atoms with E-state index >= 15 is 0 Å². The SMILES string of the molecule is Cc1ccccc1[C@@H]1CN(C(=O)c2cccc(Cl)c2)C[C@H]1C(=O)NCCC(C)C. The van der Waals surface area contributed by atoms with Gasteiger partial charge < -0.3 is 10.2 Å². The third-order valence-electron chi connectivity index (χ3n) is 5.62. The Kier molecular flexibility index (Phi) is 6.96. The molecule has 0 radical (unpaired) electrons. The molecule has 154 valence electrons. The molecule has 4 nitrogen and oxygen atoms in total. The Bertz CT molecular complexity index is 881. The second-order valence-electron chi connectivity index (χ2n) is 8.26. The first kappa shape index (κ1) is 21.4. The van der Waals surface area contributed by atoms with Gasteiger partial charge in [-0.05, 0) is 48.6 Å². The van der Waals surface area contributed by atoms with Crippen LogP contribution in [0.2, 0.25) is 5.02 Å². The van der Waals surface area contributed by atoms with E-state index in [0.717, 1.165) is 17.5 Å². The number of carbonyl (C=O) groups is 2. The average molecular weight is 413 g/mol. The molecule has 0 spiro atoms. The summed E-state index contributed by atoms with van der Waals surface area (Å²) in [7, 11) is 0. The van der Waals surface area contributed by atoms with E-state index in [-0.39, 0.29) is 23.7 Å². The zero-order valence-corrected chi connectivity index (χ0v) is 18.1. The van der Waals surface area contributed by atoms with Crippen molar-refractivity contribution in [2.45, 2.75) is 33.1 Å². The molecule has 0 bridgehead atoms. The molecule has 1 aliphatic rings. The van der Waals surface area contributed by atoms with Crippen molar-refractivity contribution in [3.63, 3.8) is 0 Å². The summed E-state index contributed by atoms with van der Waals surface area (Å²) in [5.74, 6) is 0.209. The molecule has 5 heteroatoms. The van der Waals surface area contributed by atoms with Crippen molar-refractivity contribution in [3.05, 3.63) is 70.2 Å². The quantitative estimate of drug-likeness (QED) is 0.749. The van der Waals surface area contributed by atoms with Gasteiger partial charge >= 0.3 is 0 Å². The zero-order valence-electron chi connectivity index (χ0n) is 17.3. The number of rotatable bonds is 6. The Morgan fingerprint density at radius 1 is 1.14 bits per heavy atom. The summed E-state index contributed by atoms with van der Waals surface area (Å²) in [5, 5.41) is 3.62. The molecule has 29 heavy (non-hydrogen) atoms. The number of halogens is 1. The summed E-state index contributed by atoms with van der Waals surface area (Å²) >= 11 is 6.07. The topological polar surface area (TPSA) is 49.4 Å². The van der Waals surface area contributed by atoms with Gasteiger partial charge in [0.15, 0.2) is 0 Å². The molecule has 3 rings (SSSR count). The van der Waals surface area contributed by atoms with Gasteiger partial charge in [-0.1, -0.05) is 55.8 Å². The van der Waals surface area contributed by atoms with Crippen molar-refractivity contribution in [3.8, 4) is 0 Å². The summed E-state index contributed by atoms with van der Waals surface area (Å²) in [6.07, 6.45) is 0.943. The number of nitrogens with one attached hydrogen (secondary N) is 1. The number of carbonyl (C=O) groups excluding carboxylic acids is 2. The fraction of sp³-hybridized carbons (Fsp3) is 0.417.